The van der Waals surface area contributed by atoms with Crippen molar-refractivity contribution < 1.29 is 34.2 Å². The number of aliphatic carboxylic acids is 2. The number of carbonyl (C=O) groups is 5. The van der Waals surface area contributed by atoms with Gasteiger partial charge in [-0.05, 0) is 18.3 Å². The van der Waals surface area contributed by atoms with Crippen LogP contribution in [0.1, 0.15) is 53.4 Å². The summed E-state index contributed by atoms with van der Waals surface area (Å²) in [5, 5.41) is 25.8. The van der Waals surface area contributed by atoms with E-state index in [9.17, 15) is 29.1 Å². The Labute approximate surface area is 193 Å². The van der Waals surface area contributed by atoms with Crippen molar-refractivity contribution in [1.82, 2.24) is 16.0 Å². The standard InChI is InChI=1S/C20H36N4O7S/c1-5-10(3)15(19(29)24-16(20(30)31)11(4)6-2)23-18(28)13(7-8-14(25)26)22-17(27)12(21)9-32/h10-13,15-16,32H,5-9,21H2,1-4H3,(H,22,27)(H,23,28)(H,24,29)(H,25,26)(H,30,31). The molecule has 12 heteroatoms. The number of amides is 3. The van der Waals surface area contributed by atoms with E-state index in [1.54, 1.807) is 27.7 Å². The molecule has 0 aliphatic rings. The van der Waals surface area contributed by atoms with Crippen molar-refractivity contribution in [2.24, 2.45) is 17.6 Å². The first kappa shape index (κ1) is 29.7. The number of carboxylic acids is 2. The second-order valence-electron chi connectivity index (χ2n) is 7.86. The molecule has 0 aliphatic carbocycles. The lowest BCUT2D eigenvalue weighted by atomic mass is 9.95. The molecule has 0 heterocycles. The summed E-state index contributed by atoms with van der Waals surface area (Å²) < 4.78 is 0. The Morgan fingerprint density at radius 2 is 1.34 bits per heavy atom. The van der Waals surface area contributed by atoms with Crippen molar-refractivity contribution in [2.75, 3.05) is 5.75 Å². The van der Waals surface area contributed by atoms with Crippen LogP contribution in [0.4, 0.5) is 0 Å². The maximum Gasteiger partial charge on any atom is 0.326 e. The molecule has 0 aromatic heterocycles. The van der Waals surface area contributed by atoms with E-state index in [4.69, 9.17) is 10.8 Å². The number of carbonyl (C=O) groups excluding carboxylic acids is 3. The summed E-state index contributed by atoms with van der Waals surface area (Å²) in [7, 11) is 0. The highest BCUT2D eigenvalue weighted by Gasteiger charge is 2.34. The van der Waals surface area contributed by atoms with Crippen molar-refractivity contribution in [3.8, 4) is 0 Å². The van der Waals surface area contributed by atoms with Crippen LogP contribution >= 0.6 is 12.6 Å². The zero-order valence-corrected chi connectivity index (χ0v) is 19.9. The molecule has 0 aromatic rings. The van der Waals surface area contributed by atoms with Crippen molar-refractivity contribution in [1.29, 1.82) is 0 Å². The third-order valence-corrected chi connectivity index (χ3v) is 5.78. The van der Waals surface area contributed by atoms with Crippen molar-refractivity contribution >= 4 is 42.3 Å². The van der Waals surface area contributed by atoms with Gasteiger partial charge < -0.3 is 31.9 Å². The average molecular weight is 477 g/mol. The summed E-state index contributed by atoms with van der Waals surface area (Å²) >= 11 is 3.93. The third kappa shape index (κ3) is 9.86. The third-order valence-electron chi connectivity index (χ3n) is 5.38. The normalized spacial score (nSPS) is 16.6. The van der Waals surface area contributed by atoms with Gasteiger partial charge in [0.1, 0.15) is 18.1 Å². The van der Waals surface area contributed by atoms with Gasteiger partial charge in [0.2, 0.25) is 17.7 Å². The minimum absolute atomic E-state index is 0.0171. The van der Waals surface area contributed by atoms with Gasteiger partial charge in [-0.25, -0.2) is 4.79 Å². The van der Waals surface area contributed by atoms with Crippen LogP contribution in [0.25, 0.3) is 0 Å². The van der Waals surface area contributed by atoms with Crippen LogP contribution in [0.15, 0.2) is 0 Å². The van der Waals surface area contributed by atoms with Gasteiger partial charge in [-0.15, -0.1) is 0 Å². The smallest absolute Gasteiger partial charge is 0.326 e. The quantitative estimate of drug-likeness (QED) is 0.157. The minimum Gasteiger partial charge on any atom is -0.481 e. The molecular formula is C20H36N4O7S. The van der Waals surface area contributed by atoms with Crippen molar-refractivity contribution in [3.05, 3.63) is 0 Å². The fourth-order valence-corrected chi connectivity index (χ4v) is 2.95. The molecule has 0 aromatic carbocycles. The molecule has 3 amide bonds. The molecule has 0 spiro atoms. The van der Waals surface area contributed by atoms with Gasteiger partial charge in [-0.3, -0.25) is 19.2 Å². The second-order valence-corrected chi connectivity index (χ2v) is 8.23. The zero-order chi connectivity index (χ0) is 25.0. The Morgan fingerprint density at radius 3 is 1.78 bits per heavy atom. The summed E-state index contributed by atoms with van der Waals surface area (Å²) in [6, 6.07) is -4.46. The molecule has 0 saturated carbocycles. The Balaban J connectivity index is 5.61. The molecule has 7 N–H and O–H groups in total. The lowest BCUT2D eigenvalue weighted by Crippen LogP contribution is -2.59. The number of rotatable bonds is 15. The first-order valence-corrected chi connectivity index (χ1v) is 11.2. The summed E-state index contributed by atoms with van der Waals surface area (Å²) in [5.41, 5.74) is 5.61. The average Bonchev–Trinajstić information content (AvgIpc) is 2.75. The van der Waals surface area contributed by atoms with E-state index in [2.05, 4.69) is 28.6 Å². The Bertz CT molecular complexity index is 676. The predicted molar refractivity (Wildman–Crippen MR) is 121 cm³/mol. The minimum atomic E-state index is -1.24. The lowest BCUT2D eigenvalue weighted by Gasteiger charge is -2.29. The monoisotopic (exact) mass is 476 g/mol. The van der Waals surface area contributed by atoms with E-state index >= 15 is 0 Å². The van der Waals surface area contributed by atoms with Crippen LogP contribution in [0.5, 0.6) is 0 Å². The summed E-state index contributed by atoms with van der Waals surface area (Å²) in [5.74, 6) is -5.14. The summed E-state index contributed by atoms with van der Waals surface area (Å²) in [6.07, 6.45) is 0.401. The topological polar surface area (TPSA) is 188 Å². The summed E-state index contributed by atoms with van der Waals surface area (Å²) in [4.78, 5) is 60.4. The first-order valence-electron chi connectivity index (χ1n) is 10.6. The molecule has 6 unspecified atom stereocenters. The highest BCUT2D eigenvalue weighted by molar-refractivity contribution is 7.80. The largest absolute Gasteiger partial charge is 0.481 e. The second kappa shape index (κ2) is 14.7. The van der Waals surface area contributed by atoms with Crippen LogP contribution in [-0.4, -0.2) is 69.8 Å². The molecule has 32 heavy (non-hydrogen) atoms. The summed E-state index contributed by atoms with van der Waals surface area (Å²) in [6.45, 7) is 7.01. The zero-order valence-electron chi connectivity index (χ0n) is 19.0. The molecule has 6 atom stereocenters. The number of hydrogen-bond acceptors (Lipinski definition) is 7. The maximum absolute atomic E-state index is 12.9. The van der Waals surface area contributed by atoms with E-state index in [0.29, 0.717) is 12.8 Å². The molecule has 0 bridgehead atoms. The van der Waals surface area contributed by atoms with E-state index in [0.717, 1.165) is 0 Å². The Hall–Kier alpha value is -2.34. The first-order chi connectivity index (χ1) is 14.9. The van der Waals surface area contributed by atoms with E-state index in [-0.39, 0.29) is 24.0 Å². The van der Waals surface area contributed by atoms with Crippen molar-refractivity contribution in [3.63, 3.8) is 0 Å². The fourth-order valence-electron chi connectivity index (χ4n) is 2.78. The number of nitrogens with one attached hydrogen (secondary N) is 3. The van der Waals surface area contributed by atoms with Crippen LogP contribution < -0.4 is 21.7 Å². The molecule has 11 nitrogen and oxygen atoms in total. The van der Waals surface area contributed by atoms with E-state index in [1.807, 2.05) is 0 Å². The predicted octanol–water partition coefficient (Wildman–Crippen LogP) is -0.260. The fraction of sp³-hybridized carbons (Fsp3) is 0.750. The molecule has 0 aliphatic heterocycles. The number of hydrogen-bond donors (Lipinski definition) is 7. The molecule has 0 radical (unpaired) electrons. The number of carboxylic acid groups (broad SMARTS) is 2. The molecule has 0 saturated heterocycles. The van der Waals surface area contributed by atoms with Crippen LogP contribution in [0.2, 0.25) is 0 Å². The van der Waals surface area contributed by atoms with Gasteiger partial charge >= 0.3 is 11.9 Å². The van der Waals surface area contributed by atoms with Gasteiger partial charge in [0.25, 0.3) is 0 Å². The SMILES string of the molecule is CCC(C)C(NC(=O)C(NC(=O)C(CCC(=O)O)NC(=O)C(N)CS)C(C)CC)C(=O)O. The van der Waals surface area contributed by atoms with Gasteiger partial charge in [-0.1, -0.05) is 40.5 Å². The lowest BCUT2D eigenvalue weighted by molar-refractivity contribution is -0.144. The van der Waals surface area contributed by atoms with Crippen LogP contribution in [-0.2, 0) is 24.0 Å². The Morgan fingerprint density at radius 1 is 0.844 bits per heavy atom. The van der Waals surface area contributed by atoms with Crippen molar-refractivity contribution in [2.45, 2.75) is 77.5 Å². The highest BCUT2D eigenvalue weighted by atomic mass is 32.1. The molecule has 184 valence electrons. The van der Waals surface area contributed by atoms with E-state index < -0.39 is 60.2 Å². The highest BCUT2D eigenvalue weighted by Crippen LogP contribution is 2.13. The molecule has 0 fully saturated rings. The van der Waals surface area contributed by atoms with Crippen LogP contribution in [0.3, 0.4) is 0 Å². The van der Waals surface area contributed by atoms with Gasteiger partial charge in [-0.2, -0.15) is 12.6 Å². The molecular weight excluding hydrogens is 440 g/mol. The Kier molecular flexibility index (Phi) is 13.6. The van der Waals surface area contributed by atoms with Gasteiger partial charge in [0.15, 0.2) is 0 Å². The molecule has 0 rings (SSSR count). The van der Waals surface area contributed by atoms with Gasteiger partial charge in [0.05, 0.1) is 6.04 Å². The number of thiol groups is 1. The maximum atomic E-state index is 12.9. The van der Waals surface area contributed by atoms with Gasteiger partial charge in [0, 0.05) is 12.2 Å². The van der Waals surface area contributed by atoms with Crippen LogP contribution in [0, 0.1) is 11.8 Å². The number of nitrogens with two attached hydrogens (primary N) is 1. The van der Waals surface area contributed by atoms with E-state index in [1.165, 1.54) is 0 Å².